The van der Waals surface area contributed by atoms with Crippen molar-refractivity contribution >= 4 is 38.4 Å². The first-order chi connectivity index (χ1) is 15.5. The largest absolute Gasteiger partial charge is 0.503 e. The summed E-state index contributed by atoms with van der Waals surface area (Å²) in [5.41, 5.74) is 2.17. The SMILES string of the molecule is CCc1ccc2nc(N3C(=O)C(O)=C(C(=O)c4ccco4)[C@H]3c3ccc(F)cc3)sc2c1. The molecule has 160 valence electrons. The van der Waals surface area contributed by atoms with Gasteiger partial charge in [-0.2, -0.15) is 0 Å². The van der Waals surface area contributed by atoms with Crippen molar-refractivity contribution in [3.05, 3.63) is 94.9 Å². The van der Waals surface area contributed by atoms with E-state index in [0.29, 0.717) is 16.2 Å². The maximum atomic E-state index is 13.6. The maximum Gasteiger partial charge on any atom is 0.296 e. The topological polar surface area (TPSA) is 83.6 Å². The standard InChI is InChI=1S/C24H17FN2O4S/c1-2-13-5-10-16-18(12-13)32-24(26-16)27-20(14-6-8-15(25)9-7-14)19(22(29)23(27)30)21(28)17-4-3-11-31-17/h3-12,20,29H,2H2,1H3/t20-/m1/s1. The van der Waals surface area contributed by atoms with Crippen LogP contribution in [0.3, 0.4) is 0 Å². The van der Waals surface area contributed by atoms with Crippen LogP contribution in [-0.2, 0) is 11.2 Å². The van der Waals surface area contributed by atoms with Gasteiger partial charge in [-0.05, 0) is 53.9 Å². The van der Waals surface area contributed by atoms with Gasteiger partial charge in [0.15, 0.2) is 16.7 Å². The van der Waals surface area contributed by atoms with Crippen LogP contribution in [0.15, 0.2) is 76.6 Å². The highest BCUT2D eigenvalue weighted by Gasteiger charge is 2.46. The zero-order valence-electron chi connectivity index (χ0n) is 16.9. The molecule has 1 aliphatic rings. The molecular weight excluding hydrogens is 431 g/mol. The molecule has 4 aromatic rings. The number of benzene rings is 2. The molecule has 0 bridgehead atoms. The summed E-state index contributed by atoms with van der Waals surface area (Å²) < 4.78 is 19.7. The average molecular weight is 448 g/mol. The van der Waals surface area contributed by atoms with Crippen LogP contribution >= 0.6 is 11.3 Å². The quantitative estimate of drug-likeness (QED) is 0.415. The van der Waals surface area contributed by atoms with Gasteiger partial charge < -0.3 is 9.52 Å². The number of carbonyl (C=O) groups excluding carboxylic acids is 2. The molecule has 2 aromatic carbocycles. The van der Waals surface area contributed by atoms with Crippen LogP contribution in [0.5, 0.6) is 0 Å². The van der Waals surface area contributed by atoms with Gasteiger partial charge in [0.25, 0.3) is 5.91 Å². The molecule has 1 N–H and O–H groups in total. The van der Waals surface area contributed by atoms with Crippen LogP contribution in [-0.4, -0.2) is 21.8 Å². The molecule has 0 saturated heterocycles. The van der Waals surface area contributed by atoms with E-state index in [1.54, 1.807) is 6.07 Å². The monoisotopic (exact) mass is 448 g/mol. The molecular formula is C24H17FN2O4S. The number of furan rings is 1. The molecule has 1 amide bonds. The lowest BCUT2D eigenvalue weighted by Gasteiger charge is -2.24. The number of fused-ring (bicyclic) bond motifs is 1. The van der Waals surface area contributed by atoms with E-state index in [9.17, 15) is 19.1 Å². The molecule has 0 aliphatic carbocycles. The molecule has 0 fully saturated rings. The maximum absolute atomic E-state index is 13.6. The van der Waals surface area contributed by atoms with E-state index in [2.05, 4.69) is 4.98 Å². The number of hydrogen-bond donors (Lipinski definition) is 1. The van der Waals surface area contributed by atoms with Gasteiger partial charge in [-0.25, -0.2) is 9.37 Å². The Morgan fingerprint density at radius 2 is 2.00 bits per heavy atom. The zero-order chi connectivity index (χ0) is 22.4. The highest BCUT2D eigenvalue weighted by molar-refractivity contribution is 7.22. The Balaban J connectivity index is 1.67. The predicted molar refractivity (Wildman–Crippen MR) is 118 cm³/mol. The van der Waals surface area contributed by atoms with Gasteiger partial charge in [0.2, 0.25) is 5.78 Å². The summed E-state index contributed by atoms with van der Waals surface area (Å²) >= 11 is 1.29. The normalized spacial score (nSPS) is 16.4. The lowest BCUT2D eigenvalue weighted by Crippen LogP contribution is -2.30. The third-order valence-corrected chi connectivity index (χ3v) is 6.46. The number of aryl methyl sites for hydroxylation is 1. The fraction of sp³-hybridized carbons (Fsp3) is 0.125. The number of carbonyl (C=O) groups is 2. The number of amides is 1. The first-order valence-electron chi connectivity index (χ1n) is 9.97. The van der Waals surface area contributed by atoms with Crippen molar-refractivity contribution in [1.29, 1.82) is 0 Å². The second-order valence-corrected chi connectivity index (χ2v) is 8.36. The number of ketones is 1. The van der Waals surface area contributed by atoms with Gasteiger partial charge in [0.05, 0.1) is 28.1 Å². The molecule has 2 aromatic heterocycles. The summed E-state index contributed by atoms with van der Waals surface area (Å²) in [5.74, 6) is -2.50. The van der Waals surface area contributed by atoms with Crippen LogP contribution in [0, 0.1) is 5.82 Å². The van der Waals surface area contributed by atoms with Gasteiger partial charge in [0, 0.05) is 0 Å². The average Bonchev–Trinajstić information content (AvgIpc) is 3.52. The molecule has 0 radical (unpaired) electrons. The molecule has 0 spiro atoms. The van der Waals surface area contributed by atoms with Crippen molar-refractivity contribution in [3.63, 3.8) is 0 Å². The summed E-state index contributed by atoms with van der Waals surface area (Å²) in [4.78, 5) is 32.2. The van der Waals surface area contributed by atoms with Crippen molar-refractivity contribution in [2.24, 2.45) is 0 Å². The Kier molecular flexibility index (Phi) is 4.86. The van der Waals surface area contributed by atoms with E-state index in [1.165, 1.54) is 52.8 Å². The van der Waals surface area contributed by atoms with Crippen LogP contribution in [0.1, 0.15) is 34.6 Å². The Morgan fingerprint density at radius 3 is 2.69 bits per heavy atom. The lowest BCUT2D eigenvalue weighted by atomic mass is 9.95. The third-order valence-electron chi connectivity index (χ3n) is 5.44. The van der Waals surface area contributed by atoms with E-state index in [4.69, 9.17) is 4.42 Å². The zero-order valence-corrected chi connectivity index (χ0v) is 17.7. The molecule has 5 rings (SSSR count). The summed E-state index contributed by atoms with van der Waals surface area (Å²) in [6, 6.07) is 13.3. The Morgan fingerprint density at radius 1 is 1.22 bits per heavy atom. The van der Waals surface area contributed by atoms with Gasteiger partial charge in [-0.3, -0.25) is 14.5 Å². The second-order valence-electron chi connectivity index (χ2n) is 7.35. The number of nitrogens with zero attached hydrogens (tertiary/aromatic N) is 2. The summed E-state index contributed by atoms with van der Waals surface area (Å²) in [6.45, 7) is 2.05. The fourth-order valence-electron chi connectivity index (χ4n) is 3.82. The summed E-state index contributed by atoms with van der Waals surface area (Å²) in [7, 11) is 0. The van der Waals surface area contributed by atoms with Gasteiger partial charge >= 0.3 is 0 Å². The van der Waals surface area contributed by atoms with Gasteiger partial charge in [0.1, 0.15) is 5.82 Å². The van der Waals surface area contributed by atoms with E-state index in [1.807, 2.05) is 25.1 Å². The predicted octanol–water partition coefficient (Wildman–Crippen LogP) is 5.37. The van der Waals surface area contributed by atoms with Crippen molar-refractivity contribution < 1.29 is 23.5 Å². The molecule has 1 aliphatic heterocycles. The molecule has 0 unspecified atom stereocenters. The van der Waals surface area contributed by atoms with Crippen molar-refractivity contribution in [2.45, 2.75) is 19.4 Å². The first kappa shape index (κ1) is 20.1. The molecule has 3 heterocycles. The highest BCUT2D eigenvalue weighted by Crippen LogP contribution is 2.44. The van der Waals surface area contributed by atoms with E-state index in [-0.39, 0.29) is 11.3 Å². The minimum Gasteiger partial charge on any atom is -0.503 e. The number of anilines is 1. The molecule has 6 nitrogen and oxygen atoms in total. The van der Waals surface area contributed by atoms with E-state index < -0.39 is 29.3 Å². The minimum atomic E-state index is -0.980. The molecule has 1 atom stereocenters. The van der Waals surface area contributed by atoms with Crippen LogP contribution in [0.4, 0.5) is 9.52 Å². The third kappa shape index (κ3) is 3.20. The number of hydrogen-bond acceptors (Lipinski definition) is 6. The molecule has 32 heavy (non-hydrogen) atoms. The number of aliphatic hydroxyl groups excluding tert-OH is 1. The highest BCUT2D eigenvalue weighted by atomic mass is 32.1. The molecule has 8 heteroatoms. The van der Waals surface area contributed by atoms with E-state index in [0.717, 1.165) is 16.7 Å². The lowest BCUT2D eigenvalue weighted by molar-refractivity contribution is -0.117. The van der Waals surface area contributed by atoms with E-state index >= 15 is 0 Å². The number of thiazole rings is 1. The van der Waals surface area contributed by atoms with Crippen molar-refractivity contribution in [1.82, 2.24) is 4.98 Å². The summed E-state index contributed by atoms with van der Waals surface area (Å²) in [6.07, 6.45) is 2.19. The number of Topliss-reactive ketones (excluding diaryl/α,β-unsaturated/α-hetero) is 1. The minimum absolute atomic E-state index is 0.00907. The number of rotatable bonds is 5. The first-order valence-corrected chi connectivity index (χ1v) is 10.8. The van der Waals surface area contributed by atoms with Crippen molar-refractivity contribution in [2.75, 3.05) is 4.90 Å². The van der Waals surface area contributed by atoms with Crippen molar-refractivity contribution in [3.8, 4) is 0 Å². The van der Waals surface area contributed by atoms with Crippen LogP contribution < -0.4 is 4.90 Å². The summed E-state index contributed by atoms with van der Waals surface area (Å²) in [5, 5.41) is 11.1. The Hall–Kier alpha value is -3.78. The van der Waals surface area contributed by atoms with Crippen LogP contribution in [0.2, 0.25) is 0 Å². The molecule has 0 saturated carbocycles. The van der Waals surface area contributed by atoms with Gasteiger partial charge in [-0.1, -0.05) is 36.5 Å². The van der Waals surface area contributed by atoms with Crippen LogP contribution in [0.25, 0.3) is 10.2 Å². The fourth-order valence-corrected chi connectivity index (χ4v) is 4.87. The number of halogens is 1. The second kappa shape index (κ2) is 7.72. The Labute approximate surface area is 186 Å². The number of aromatic nitrogens is 1. The van der Waals surface area contributed by atoms with Gasteiger partial charge in [-0.15, -0.1) is 0 Å². The smallest absolute Gasteiger partial charge is 0.296 e. The number of aliphatic hydroxyl groups is 1. The Bertz CT molecular complexity index is 1370.